The predicted octanol–water partition coefficient (Wildman–Crippen LogP) is -0.0411. The van der Waals surface area contributed by atoms with Crippen LogP contribution in [0, 0.1) is 5.92 Å². The highest BCUT2D eigenvalue weighted by atomic mass is 32.2. The molecule has 0 N–H and O–H groups in total. The third kappa shape index (κ3) is 3.46. The molecule has 0 aliphatic carbocycles. The SMILES string of the molecule is O=C(C1CCS(=O)(=O)C1)N1CCN(S(=O)(=O)c2cccc3nsnc23)CC1. The zero-order chi connectivity index (χ0) is 19.2. The van der Waals surface area contributed by atoms with Crippen molar-refractivity contribution in [3.8, 4) is 0 Å². The van der Waals surface area contributed by atoms with E-state index in [0.29, 0.717) is 17.5 Å². The number of piperazine rings is 1. The second kappa shape index (κ2) is 6.76. The summed E-state index contributed by atoms with van der Waals surface area (Å²) in [6, 6.07) is 4.86. The summed E-state index contributed by atoms with van der Waals surface area (Å²) in [4.78, 5) is 14.2. The summed E-state index contributed by atoms with van der Waals surface area (Å²) in [6.45, 7) is 0.836. The highest BCUT2D eigenvalue weighted by Gasteiger charge is 2.38. The molecule has 2 aliphatic rings. The Morgan fingerprint density at radius 3 is 2.56 bits per heavy atom. The summed E-state index contributed by atoms with van der Waals surface area (Å²) in [7, 11) is -6.87. The largest absolute Gasteiger partial charge is 0.340 e. The molecule has 2 saturated heterocycles. The Morgan fingerprint density at radius 2 is 1.89 bits per heavy atom. The lowest BCUT2D eigenvalue weighted by Crippen LogP contribution is -2.52. The molecule has 1 aromatic carbocycles. The van der Waals surface area contributed by atoms with Gasteiger partial charge < -0.3 is 4.90 Å². The number of carbonyl (C=O) groups is 1. The Labute approximate surface area is 161 Å². The molecule has 4 rings (SSSR count). The van der Waals surface area contributed by atoms with Crippen molar-refractivity contribution in [1.29, 1.82) is 0 Å². The molecule has 1 atom stereocenters. The average molecular weight is 431 g/mol. The lowest BCUT2D eigenvalue weighted by molar-refractivity contribution is -0.135. The summed E-state index contributed by atoms with van der Waals surface area (Å²) in [5.41, 5.74) is 0.898. The number of carbonyl (C=O) groups excluding carboxylic acids is 1. The number of benzene rings is 1. The first kappa shape index (κ1) is 18.7. The first-order valence-corrected chi connectivity index (χ1v) is 12.5. The molecule has 2 fully saturated rings. The molecule has 12 heteroatoms. The fraction of sp³-hybridized carbons (Fsp3) is 0.533. The maximum atomic E-state index is 13.0. The topological polar surface area (TPSA) is 118 Å². The second-order valence-electron chi connectivity index (χ2n) is 6.72. The van der Waals surface area contributed by atoms with E-state index in [2.05, 4.69) is 8.75 Å². The fourth-order valence-corrected chi connectivity index (χ4v) is 7.43. The van der Waals surface area contributed by atoms with Gasteiger partial charge in [0.15, 0.2) is 9.84 Å². The van der Waals surface area contributed by atoms with Crippen LogP contribution in [-0.4, -0.2) is 78.4 Å². The van der Waals surface area contributed by atoms with Gasteiger partial charge in [-0.25, -0.2) is 16.8 Å². The number of aromatic nitrogens is 2. The first-order valence-electron chi connectivity index (χ1n) is 8.48. The maximum Gasteiger partial charge on any atom is 0.245 e. The van der Waals surface area contributed by atoms with E-state index in [1.54, 1.807) is 17.0 Å². The smallest absolute Gasteiger partial charge is 0.245 e. The Morgan fingerprint density at radius 1 is 1.15 bits per heavy atom. The van der Waals surface area contributed by atoms with Crippen molar-refractivity contribution in [2.24, 2.45) is 5.92 Å². The molecule has 0 radical (unpaired) electrons. The summed E-state index contributed by atoms with van der Waals surface area (Å²) in [5, 5.41) is 0. The Hall–Kier alpha value is -1.63. The minimum Gasteiger partial charge on any atom is -0.340 e. The third-order valence-electron chi connectivity index (χ3n) is 5.00. The highest BCUT2D eigenvalue weighted by molar-refractivity contribution is 7.91. The molecular weight excluding hydrogens is 412 g/mol. The van der Waals surface area contributed by atoms with Crippen molar-refractivity contribution in [2.75, 3.05) is 37.7 Å². The zero-order valence-electron chi connectivity index (χ0n) is 14.3. The molecule has 0 bridgehead atoms. The van der Waals surface area contributed by atoms with E-state index in [9.17, 15) is 21.6 Å². The standard InChI is InChI=1S/C15H18N4O5S3/c20-15(11-4-9-26(21,22)10-11)18-5-7-19(8-6-18)27(23,24)13-3-1-2-12-14(13)17-25-16-12/h1-3,11H,4-10H2. The first-order chi connectivity index (χ1) is 12.8. The van der Waals surface area contributed by atoms with Crippen LogP contribution < -0.4 is 0 Å². The van der Waals surface area contributed by atoms with Gasteiger partial charge in [0.1, 0.15) is 15.9 Å². The summed E-state index contributed by atoms with van der Waals surface area (Å²) < 4.78 is 58.7. The normalized spacial score (nSPS) is 23.7. The van der Waals surface area contributed by atoms with Crippen molar-refractivity contribution < 1.29 is 21.6 Å². The lowest BCUT2D eigenvalue weighted by atomic mass is 10.1. The third-order valence-corrected chi connectivity index (χ3v) is 9.24. The number of amides is 1. The van der Waals surface area contributed by atoms with Crippen LogP contribution in [0.1, 0.15) is 6.42 Å². The van der Waals surface area contributed by atoms with Crippen molar-refractivity contribution in [1.82, 2.24) is 18.0 Å². The van der Waals surface area contributed by atoms with Gasteiger partial charge in [0.2, 0.25) is 15.9 Å². The van der Waals surface area contributed by atoms with Gasteiger partial charge in [-0.2, -0.15) is 13.1 Å². The molecule has 27 heavy (non-hydrogen) atoms. The molecule has 2 aromatic rings. The van der Waals surface area contributed by atoms with Crippen molar-refractivity contribution in [2.45, 2.75) is 11.3 Å². The van der Waals surface area contributed by atoms with Crippen LogP contribution in [0.5, 0.6) is 0 Å². The molecule has 1 unspecified atom stereocenters. The van der Waals surface area contributed by atoms with E-state index in [1.807, 2.05) is 0 Å². The monoisotopic (exact) mass is 430 g/mol. The Bertz CT molecular complexity index is 1090. The number of rotatable bonds is 3. The summed E-state index contributed by atoms with van der Waals surface area (Å²) >= 11 is 0.963. The minimum atomic E-state index is -3.74. The number of sulfone groups is 1. The van der Waals surface area contributed by atoms with Crippen molar-refractivity contribution >= 4 is 48.5 Å². The quantitative estimate of drug-likeness (QED) is 0.670. The minimum absolute atomic E-state index is 0.0451. The number of fused-ring (bicyclic) bond motifs is 1. The Kier molecular flexibility index (Phi) is 4.69. The van der Waals surface area contributed by atoms with E-state index in [1.165, 1.54) is 10.4 Å². The predicted molar refractivity (Wildman–Crippen MR) is 99.5 cm³/mol. The van der Waals surface area contributed by atoms with E-state index in [4.69, 9.17) is 0 Å². The molecule has 2 aliphatic heterocycles. The molecule has 0 spiro atoms. The second-order valence-corrected chi connectivity index (χ2v) is 11.4. The molecule has 3 heterocycles. The molecule has 146 valence electrons. The van der Waals surface area contributed by atoms with Gasteiger partial charge in [-0.05, 0) is 18.6 Å². The Balaban J connectivity index is 1.47. The van der Waals surface area contributed by atoms with Crippen molar-refractivity contribution in [3.63, 3.8) is 0 Å². The van der Waals surface area contributed by atoms with Gasteiger partial charge >= 0.3 is 0 Å². The number of hydrogen-bond donors (Lipinski definition) is 0. The lowest BCUT2D eigenvalue weighted by Gasteiger charge is -2.35. The molecule has 0 saturated carbocycles. The highest BCUT2D eigenvalue weighted by Crippen LogP contribution is 2.26. The van der Waals surface area contributed by atoms with E-state index < -0.39 is 25.8 Å². The summed E-state index contributed by atoms with van der Waals surface area (Å²) in [5.74, 6) is -0.765. The van der Waals surface area contributed by atoms with E-state index in [0.717, 1.165) is 11.7 Å². The van der Waals surface area contributed by atoms with Crippen LogP contribution >= 0.6 is 11.7 Å². The number of sulfonamides is 1. The van der Waals surface area contributed by atoms with Gasteiger partial charge in [-0.1, -0.05) is 6.07 Å². The average Bonchev–Trinajstić information content (AvgIpc) is 3.26. The number of hydrogen-bond acceptors (Lipinski definition) is 8. The van der Waals surface area contributed by atoms with Crippen LogP contribution in [0.3, 0.4) is 0 Å². The molecule has 1 amide bonds. The van der Waals surface area contributed by atoms with Crippen molar-refractivity contribution in [3.05, 3.63) is 18.2 Å². The van der Waals surface area contributed by atoms with Crippen LogP contribution in [0.4, 0.5) is 0 Å². The van der Waals surface area contributed by atoms with Gasteiger partial charge in [0, 0.05) is 26.2 Å². The molecule has 9 nitrogen and oxygen atoms in total. The van der Waals surface area contributed by atoms with Crippen LogP contribution in [0.25, 0.3) is 11.0 Å². The van der Waals surface area contributed by atoms with Crippen LogP contribution in [0.2, 0.25) is 0 Å². The zero-order valence-corrected chi connectivity index (χ0v) is 16.8. The van der Waals surface area contributed by atoms with E-state index >= 15 is 0 Å². The van der Waals surface area contributed by atoms with Gasteiger partial charge in [0.25, 0.3) is 0 Å². The van der Waals surface area contributed by atoms with Crippen LogP contribution in [0.15, 0.2) is 23.1 Å². The van der Waals surface area contributed by atoms with Gasteiger partial charge in [-0.3, -0.25) is 4.79 Å². The number of nitrogens with zero attached hydrogens (tertiary/aromatic N) is 4. The van der Waals surface area contributed by atoms with Crippen LogP contribution in [-0.2, 0) is 24.7 Å². The molecule has 1 aromatic heterocycles. The maximum absolute atomic E-state index is 13.0. The molecular formula is C15H18N4O5S3. The van der Waals surface area contributed by atoms with Gasteiger partial charge in [0.05, 0.1) is 29.2 Å². The summed E-state index contributed by atoms with van der Waals surface area (Å²) in [6.07, 6.45) is 0.346. The van der Waals surface area contributed by atoms with Gasteiger partial charge in [-0.15, -0.1) is 0 Å². The fourth-order valence-electron chi connectivity index (χ4n) is 3.53. The van der Waals surface area contributed by atoms with E-state index in [-0.39, 0.29) is 48.5 Å².